The van der Waals surface area contributed by atoms with Gasteiger partial charge in [-0.25, -0.2) is 4.79 Å². The van der Waals surface area contributed by atoms with Crippen LogP contribution in [0.15, 0.2) is 77.0 Å². The second-order valence-corrected chi connectivity index (χ2v) is 9.79. The molecule has 0 spiro atoms. The van der Waals surface area contributed by atoms with Crippen molar-refractivity contribution in [1.82, 2.24) is 0 Å². The van der Waals surface area contributed by atoms with Gasteiger partial charge in [0, 0.05) is 59.6 Å². The van der Waals surface area contributed by atoms with E-state index < -0.39 is 5.97 Å². The van der Waals surface area contributed by atoms with E-state index in [4.69, 9.17) is 16.4 Å². The quantitative estimate of drug-likeness (QED) is 0.0792. The second kappa shape index (κ2) is 15.2. The number of fused-ring (bicyclic) bond motifs is 1. The average molecular weight is 541 g/mol. The van der Waals surface area contributed by atoms with E-state index in [1.807, 2.05) is 44.2 Å². The standard InChI is InChI=1S/C29H33ClN2O4S/c1-6-25(30)11-9-16-37-17-14-27(31-36-22(5)34)29(35)24-10-8-15-32(7-2)28-13-12-23(21(4)33)19-26(28)20(3)18-24/h6,8-13,18-19H,3,7,14-17H2,1-2,4-5H3/b10-8-,11-9-,24-18+,25-6+,31-27+. The predicted molar refractivity (Wildman–Crippen MR) is 155 cm³/mol. The summed E-state index contributed by atoms with van der Waals surface area (Å²) >= 11 is 7.56. The molecular formula is C29H33ClN2O4S. The van der Waals surface area contributed by atoms with Gasteiger partial charge < -0.3 is 9.74 Å². The number of carbonyl (C=O) groups excluding carboxylic acids is 3. The van der Waals surface area contributed by atoms with Crippen molar-refractivity contribution in [3.8, 4) is 0 Å². The Labute approximate surface area is 228 Å². The van der Waals surface area contributed by atoms with Gasteiger partial charge in [0.15, 0.2) is 5.78 Å². The molecule has 0 amide bonds. The number of allylic oxidation sites excluding steroid dienone is 7. The second-order valence-electron chi connectivity index (χ2n) is 8.20. The molecule has 0 fully saturated rings. The normalized spacial score (nSPS) is 16.8. The van der Waals surface area contributed by atoms with Gasteiger partial charge in [0.2, 0.25) is 5.78 Å². The fourth-order valence-corrected chi connectivity index (χ4v) is 4.34. The number of thioether (sulfide) groups is 1. The van der Waals surface area contributed by atoms with Crippen LogP contribution < -0.4 is 4.90 Å². The third-order valence-electron chi connectivity index (χ3n) is 5.48. The maximum Gasteiger partial charge on any atom is 0.331 e. The Morgan fingerprint density at radius 1 is 1.27 bits per heavy atom. The first-order valence-corrected chi connectivity index (χ1v) is 13.5. The van der Waals surface area contributed by atoms with E-state index in [0.29, 0.717) is 46.2 Å². The molecule has 0 saturated heterocycles. The Bertz CT molecular complexity index is 1190. The molecule has 37 heavy (non-hydrogen) atoms. The zero-order valence-corrected chi connectivity index (χ0v) is 23.3. The first-order valence-electron chi connectivity index (χ1n) is 12.0. The molecule has 0 unspecified atom stereocenters. The zero-order valence-electron chi connectivity index (χ0n) is 21.8. The van der Waals surface area contributed by atoms with Crippen molar-refractivity contribution in [2.75, 3.05) is 29.5 Å². The van der Waals surface area contributed by atoms with Crippen LogP contribution in [0.25, 0.3) is 5.57 Å². The van der Waals surface area contributed by atoms with E-state index in [0.717, 1.165) is 17.8 Å². The summed E-state index contributed by atoms with van der Waals surface area (Å²) in [6.45, 7) is 12.2. The van der Waals surface area contributed by atoms with Gasteiger partial charge in [0.05, 0.1) is 0 Å². The van der Waals surface area contributed by atoms with Crippen molar-refractivity contribution < 1.29 is 19.2 Å². The van der Waals surface area contributed by atoms with Gasteiger partial charge in [0.25, 0.3) is 0 Å². The zero-order chi connectivity index (χ0) is 27.4. The number of carbonyl (C=O) groups is 3. The van der Waals surface area contributed by atoms with Crippen LogP contribution in [0.5, 0.6) is 0 Å². The lowest BCUT2D eigenvalue weighted by Crippen LogP contribution is -2.23. The molecule has 0 atom stereocenters. The van der Waals surface area contributed by atoms with Gasteiger partial charge in [-0.1, -0.05) is 47.6 Å². The molecule has 1 aliphatic rings. The van der Waals surface area contributed by atoms with Gasteiger partial charge in [-0.2, -0.15) is 11.8 Å². The summed E-state index contributed by atoms with van der Waals surface area (Å²) in [7, 11) is 0. The minimum absolute atomic E-state index is 0.0481. The number of hydrogen-bond acceptors (Lipinski definition) is 7. The fourth-order valence-electron chi connectivity index (χ4n) is 3.51. The molecule has 1 aromatic carbocycles. The van der Waals surface area contributed by atoms with Crippen molar-refractivity contribution in [3.05, 3.63) is 83.0 Å². The molecule has 196 valence electrons. The number of hydrogen-bond donors (Lipinski definition) is 0. The maximum absolute atomic E-state index is 13.5. The lowest BCUT2D eigenvalue weighted by atomic mass is 9.96. The van der Waals surface area contributed by atoms with Crippen LogP contribution in [-0.2, 0) is 14.4 Å². The Morgan fingerprint density at radius 3 is 2.68 bits per heavy atom. The molecule has 1 aromatic rings. The molecule has 8 heteroatoms. The Morgan fingerprint density at radius 2 is 2.03 bits per heavy atom. The van der Waals surface area contributed by atoms with Gasteiger partial charge >= 0.3 is 5.97 Å². The highest BCUT2D eigenvalue weighted by atomic mass is 35.5. The smallest absolute Gasteiger partial charge is 0.331 e. The van der Waals surface area contributed by atoms with Gasteiger partial charge in [-0.15, -0.1) is 0 Å². The van der Waals surface area contributed by atoms with Crippen LogP contribution in [0, 0.1) is 0 Å². The molecular weight excluding hydrogens is 508 g/mol. The third kappa shape index (κ3) is 9.34. The molecule has 1 heterocycles. The van der Waals surface area contributed by atoms with Crippen molar-refractivity contribution in [2.24, 2.45) is 5.16 Å². The van der Waals surface area contributed by atoms with Gasteiger partial charge in [0.1, 0.15) is 5.71 Å². The Hall–Kier alpha value is -3.16. The van der Waals surface area contributed by atoms with Gasteiger partial charge in [-0.3, -0.25) is 9.59 Å². The molecule has 0 bridgehead atoms. The van der Waals surface area contributed by atoms with Gasteiger partial charge in [-0.05, 0) is 62.4 Å². The number of rotatable bonds is 11. The number of benzene rings is 1. The first kappa shape index (κ1) is 30.1. The minimum atomic E-state index is -0.602. The predicted octanol–water partition coefficient (Wildman–Crippen LogP) is 6.54. The summed E-state index contributed by atoms with van der Waals surface area (Å²) < 4.78 is 0. The highest BCUT2D eigenvalue weighted by Crippen LogP contribution is 2.31. The summed E-state index contributed by atoms with van der Waals surface area (Å²) in [6.07, 6.45) is 11.2. The number of nitrogens with zero attached hydrogens (tertiary/aromatic N) is 2. The van der Waals surface area contributed by atoms with E-state index in [9.17, 15) is 14.4 Å². The Kier molecular flexibility index (Phi) is 12.3. The summed E-state index contributed by atoms with van der Waals surface area (Å²) in [5.41, 5.74) is 3.40. The van der Waals surface area contributed by atoms with E-state index in [1.165, 1.54) is 13.8 Å². The van der Waals surface area contributed by atoms with E-state index in [-0.39, 0.29) is 17.3 Å². The lowest BCUT2D eigenvalue weighted by molar-refractivity contribution is -0.140. The highest BCUT2D eigenvalue weighted by molar-refractivity contribution is 7.99. The number of halogens is 1. The van der Waals surface area contributed by atoms with Crippen molar-refractivity contribution >= 4 is 57.9 Å². The molecule has 0 aromatic heterocycles. The van der Waals surface area contributed by atoms with E-state index in [2.05, 4.69) is 16.6 Å². The molecule has 1 aliphatic heterocycles. The summed E-state index contributed by atoms with van der Waals surface area (Å²) in [5.74, 6) is 0.306. The summed E-state index contributed by atoms with van der Waals surface area (Å²) in [5, 5.41) is 4.53. The highest BCUT2D eigenvalue weighted by Gasteiger charge is 2.20. The van der Waals surface area contributed by atoms with Crippen LogP contribution in [0.2, 0.25) is 0 Å². The molecule has 6 nitrogen and oxygen atoms in total. The SMILES string of the molecule is C=C1/C=C(C(=O)/C(CCSC/C=C\C(Cl)=C/C)=N/OC(C)=O)\C=C/CN(CC)c2ccc(C(C)=O)cc21. The molecule has 0 N–H and O–H groups in total. The number of likely N-dealkylation sites (N-methyl/N-ethyl adjacent to an activating group) is 1. The maximum atomic E-state index is 13.5. The number of ketones is 2. The number of anilines is 1. The van der Waals surface area contributed by atoms with Crippen LogP contribution >= 0.6 is 23.4 Å². The fraction of sp³-hybridized carbons (Fsp3) is 0.310. The molecule has 0 saturated carbocycles. The van der Waals surface area contributed by atoms with Crippen LogP contribution in [0.1, 0.15) is 50.0 Å². The molecule has 2 rings (SSSR count). The third-order valence-corrected chi connectivity index (χ3v) is 6.75. The topological polar surface area (TPSA) is 76.0 Å². The number of Topliss-reactive ketones (excluding diaryl/α,β-unsaturated/α-hetero) is 2. The van der Waals surface area contributed by atoms with Crippen LogP contribution in [0.3, 0.4) is 0 Å². The largest absolute Gasteiger partial charge is 0.368 e. The molecule has 0 radical (unpaired) electrons. The first-order chi connectivity index (χ1) is 17.7. The summed E-state index contributed by atoms with van der Waals surface area (Å²) in [4.78, 5) is 43.9. The molecule has 0 aliphatic carbocycles. The monoisotopic (exact) mass is 540 g/mol. The van der Waals surface area contributed by atoms with Crippen LogP contribution in [0.4, 0.5) is 5.69 Å². The van der Waals surface area contributed by atoms with Crippen molar-refractivity contribution in [3.63, 3.8) is 0 Å². The average Bonchev–Trinajstić information content (AvgIpc) is 2.94. The van der Waals surface area contributed by atoms with Crippen molar-refractivity contribution in [1.29, 1.82) is 0 Å². The van der Waals surface area contributed by atoms with E-state index in [1.54, 1.807) is 36.1 Å². The lowest BCUT2D eigenvalue weighted by Gasteiger charge is -2.24. The van der Waals surface area contributed by atoms with Crippen molar-refractivity contribution in [2.45, 2.75) is 34.1 Å². The summed E-state index contributed by atoms with van der Waals surface area (Å²) in [6, 6.07) is 5.53. The number of oxime groups is 1. The minimum Gasteiger partial charge on any atom is -0.368 e. The Balaban J connectivity index is 2.34. The van der Waals surface area contributed by atoms with E-state index >= 15 is 0 Å². The van der Waals surface area contributed by atoms with Crippen LogP contribution in [-0.4, -0.2) is 47.8 Å².